The molecule has 56 heavy (non-hydrogen) atoms. The highest BCUT2D eigenvalue weighted by molar-refractivity contribution is 7.99. The number of fused-ring (bicyclic) bond motifs is 3. The molecule has 4 aromatic rings. The summed E-state index contributed by atoms with van der Waals surface area (Å²) in [6.07, 6.45) is 5.63. The number of hydrogen-bond acceptors (Lipinski definition) is 9. The van der Waals surface area contributed by atoms with E-state index in [-0.39, 0.29) is 35.9 Å². The molecule has 2 fully saturated rings. The molecule has 0 radical (unpaired) electrons. The Labute approximate surface area is 337 Å². The van der Waals surface area contributed by atoms with Crippen molar-refractivity contribution >= 4 is 53.0 Å². The summed E-state index contributed by atoms with van der Waals surface area (Å²) in [4.78, 5) is 52.7. The van der Waals surface area contributed by atoms with Gasteiger partial charge in [-0.05, 0) is 86.3 Å². The number of rotatable bonds is 9. The zero-order valence-electron chi connectivity index (χ0n) is 32.3. The van der Waals surface area contributed by atoms with Crippen molar-refractivity contribution in [1.29, 1.82) is 0 Å². The number of piperidine rings is 2. The number of likely N-dealkylation sites (tertiary alicyclic amines) is 1. The van der Waals surface area contributed by atoms with Gasteiger partial charge in [-0.1, -0.05) is 84.9 Å². The SMILES string of the molecule is CC1(CNC(=O)OC(C)(C)C)CCN(c2cnc(Sc3cccc(NC(=O)C4CCN(C(=O)OCC5c6ccccc6-c6ccccc65)CC4)c3Cl)cn2)CC1. The normalized spacial score (nSPS) is 16.8. The lowest BCUT2D eigenvalue weighted by molar-refractivity contribution is -0.121. The van der Waals surface area contributed by atoms with Gasteiger partial charge in [0.1, 0.15) is 23.1 Å². The third kappa shape index (κ3) is 9.24. The fraction of sp³-hybridized carbons (Fsp3) is 0.419. The van der Waals surface area contributed by atoms with Crippen LogP contribution in [0.1, 0.15) is 70.4 Å². The molecule has 2 N–H and O–H groups in total. The molecule has 13 heteroatoms. The zero-order valence-corrected chi connectivity index (χ0v) is 33.9. The largest absolute Gasteiger partial charge is 0.448 e. The summed E-state index contributed by atoms with van der Waals surface area (Å²) in [6, 6.07) is 22.1. The van der Waals surface area contributed by atoms with Gasteiger partial charge in [-0.15, -0.1) is 0 Å². The molecular formula is C43H49ClN6O5S. The van der Waals surface area contributed by atoms with Gasteiger partial charge in [0, 0.05) is 49.5 Å². The van der Waals surface area contributed by atoms with Crippen molar-refractivity contribution in [2.45, 2.75) is 74.8 Å². The Kier molecular flexibility index (Phi) is 11.8. The summed E-state index contributed by atoms with van der Waals surface area (Å²) in [5.74, 6) is 0.421. The van der Waals surface area contributed by atoms with Crippen LogP contribution >= 0.6 is 23.4 Å². The van der Waals surface area contributed by atoms with E-state index in [9.17, 15) is 14.4 Å². The Morgan fingerprint density at radius 2 is 1.55 bits per heavy atom. The third-order valence-electron chi connectivity index (χ3n) is 10.9. The average Bonchev–Trinajstić information content (AvgIpc) is 3.51. The number of nitrogens with one attached hydrogen (secondary N) is 2. The molecule has 3 aliphatic rings. The van der Waals surface area contributed by atoms with Gasteiger partial charge in [-0.25, -0.2) is 19.6 Å². The Bertz CT molecular complexity index is 2010. The maximum absolute atomic E-state index is 13.4. The molecule has 1 aromatic heterocycles. The van der Waals surface area contributed by atoms with E-state index in [1.807, 2.05) is 57.2 Å². The summed E-state index contributed by atoms with van der Waals surface area (Å²) in [5.41, 5.74) is 4.70. The molecule has 3 aromatic carbocycles. The van der Waals surface area contributed by atoms with Crippen LogP contribution in [-0.2, 0) is 14.3 Å². The van der Waals surface area contributed by atoms with Crippen LogP contribution in [0, 0.1) is 11.3 Å². The standard InChI is InChI=1S/C43H49ClN6O5S/c1-42(2,3)55-40(52)47-27-43(4)18-22-49(23-19-43)36-24-46-37(25-45-36)56-35-15-9-14-34(38(35)44)48-39(51)28-16-20-50(21-17-28)41(53)54-26-33-31-12-7-5-10-29(31)30-11-6-8-13-32(30)33/h5-15,24-25,28,33H,16-23,26-27H2,1-4H3,(H,47,52)(H,48,51). The summed E-state index contributed by atoms with van der Waals surface area (Å²) >= 11 is 8.20. The summed E-state index contributed by atoms with van der Waals surface area (Å²) in [5, 5.41) is 7.07. The topological polar surface area (TPSA) is 126 Å². The number of aromatic nitrogens is 2. The lowest BCUT2D eigenvalue weighted by atomic mass is 9.80. The highest BCUT2D eigenvalue weighted by Gasteiger charge is 2.33. The highest BCUT2D eigenvalue weighted by atomic mass is 35.5. The molecule has 0 unspecified atom stereocenters. The van der Waals surface area contributed by atoms with Crippen LogP contribution in [0.3, 0.4) is 0 Å². The van der Waals surface area contributed by atoms with Crippen molar-refractivity contribution in [2.75, 3.05) is 49.5 Å². The van der Waals surface area contributed by atoms with Crippen LogP contribution in [0.5, 0.6) is 0 Å². The van der Waals surface area contributed by atoms with Crippen LogP contribution in [0.4, 0.5) is 21.1 Å². The second-order valence-corrected chi connectivity index (χ2v) is 17.6. The van der Waals surface area contributed by atoms with Gasteiger partial charge >= 0.3 is 12.2 Å². The quantitative estimate of drug-likeness (QED) is 0.171. The number of carbonyl (C=O) groups is 3. The van der Waals surface area contributed by atoms with Crippen LogP contribution in [0.25, 0.3) is 11.1 Å². The van der Waals surface area contributed by atoms with Crippen molar-refractivity contribution in [3.05, 3.63) is 95.3 Å². The Hall–Kier alpha value is -4.81. The van der Waals surface area contributed by atoms with E-state index in [1.54, 1.807) is 23.4 Å². The lowest BCUT2D eigenvalue weighted by Crippen LogP contribution is -2.45. The van der Waals surface area contributed by atoms with Gasteiger partial charge in [0.05, 0.1) is 23.1 Å². The molecule has 3 heterocycles. The Balaban J connectivity index is 0.865. The van der Waals surface area contributed by atoms with Crippen LogP contribution in [0.15, 0.2) is 89.0 Å². The minimum Gasteiger partial charge on any atom is -0.448 e. The van der Waals surface area contributed by atoms with E-state index in [0.29, 0.717) is 48.2 Å². The molecule has 0 atom stereocenters. The lowest BCUT2D eigenvalue weighted by Gasteiger charge is -2.40. The number of alkyl carbamates (subject to hydrolysis) is 1. The maximum Gasteiger partial charge on any atom is 0.409 e. The van der Waals surface area contributed by atoms with E-state index in [4.69, 9.17) is 26.1 Å². The van der Waals surface area contributed by atoms with E-state index < -0.39 is 11.7 Å². The van der Waals surface area contributed by atoms with Crippen LogP contribution in [0.2, 0.25) is 5.02 Å². The summed E-state index contributed by atoms with van der Waals surface area (Å²) < 4.78 is 11.3. The second kappa shape index (κ2) is 16.7. The first-order chi connectivity index (χ1) is 26.9. The number of carbonyl (C=O) groups excluding carboxylic acids is 3. The molecule has 0 saturated carbocycles. The van der Waals surface area contributed by atoms with E-state index in [1.165, 1.54) is 34.0 Å². The zero-order chi connectivity index (χ0) is 39.5. The monoisotopic (exact) mass is 796 g/mol. The molecule has 0 spiro atoms. The molecule has 2 saturated heterocycles. The first-order valence-electron chi connectivity index (χ1n) is 19.3. The molecule has 294 valence electrons. The predicted molar refractivity (Wildman–Crippen MR) is 219 cm³/mol. The first-order valence-corrected chi connectivity index (χ1v) is 20.5. The number of hydrogen-bond donors (Lipinski definition) is 2. The molecule has 11 nitrogen and oxygen atoms in total. The molecule has 2 aliphatic heterocycles. The molecule has 7 rings (SSSR count). The fourth-order valence-electron chi connectivity index (χ4n) is 7.62. The molecule has 3 amide bonds. The van der Waals surface area contributed by atoms with Gasteiger partial charge in [0.15, 0.2) is 0 Å². The summed E-state index contributed by atoms with van der Waals surface area (Å²) in [7, 11) is 0. The highest BCUT2D eigenvalue weighted by Crippen LogP contribution is 2.45. The van der Waals surface area contributed by atoms with Crippen LogP contribution < -0.4 is 15.5 Å². The second-order valence-electron chi connectivity index (χ2n) is 16.1. The number of benzene rings is 3. The third-order valence-corrected chi connectivity index (χ3v) is 12.4. The van der Waals surface area contributed by atoms with Crippen molar-refractivity contribution < 1.29 is 23.9 Å². The molecule has 1 aliphatic carbocycles. The number of halogens is 1. The van der Waals surface area contributed by atoms with Gasteiger partial charge < -0.3 is 29.9 Å². The van der Waals surface area contributed by atoms with Gasteiger partial charge in [0.2, 0.25) is 5.91 Å². The van der Waals surface area contributed by atoms with Crippen LogP contribution in [-0.4, -0.2) is 77.9 Å². The first kappa shape index (κ1) is 39.4. The fourth-order valence-corrected chi connectivity index (χ4v) is 8.69. The molecular weight excluding hydrogens is 748 g/mol. The van der Waals surface area contributed by atoms with E-state index >= 15 is 0 Å². The Morgan fingerprint density at radius 1 is 0.893 bits per heavy atom. The Morgan fingerprint density at radius 3 is 2.18 bits per heavy atom. The van der Waals surface area contributed by atoms with Crippen molar-refractivity contribution in [3.63, 3.8) is 0 Å². The smallest absolute Gasteiger partial charge is 0.409 e. The average molecular weight is 797 g/mol. The minimum atomic E-state index is -0.528. The van der Waals surface area contributed by atoms with Crippen molar-refractivity contribution in [1.82, 2.24) is 20.2 Å². The minimum absolute atomic E-state index is 0.000233. The van der Waals surface area contributed by atoms with Gasteiger partial charge in [-0.2, -0.15) is 0 Å². The maximum atomic E-state index is 13.4. The number of amides is 3. The van der Waals surface area contributed by atoms with Gasteiger partial charge in [0.25, 0.3) is 0 Å². The number of anilines is 2. The molecule has 0 bridgehead atoms. The van der Waals surface area contributed by atoms with Crippen molar-refractivity contribution in [2.24, 2.45) is 11.3 Å². The van der Waals surface area contributed by atoms with E-state index in [0.717, 1.165) is 36.6 Å². The summed E-state index contributed by atoms with van der Waals surface area (Å²) in [6.45, 7) is 11.1. The number of nitrogens with zero attached hydrogens (tertiary/aromatic N) is 4. The number of ether oxygens (including phenoxy) is 2. The van der Waals surface area contributed by atoms with E-state index in [2.05, 4.69) is 51.7 Å². The predicted octanol–water partition coefficient (Wildman–Crippen LogP) is 9.01. The van der Waals surface area contributed by atoms with Crippen molar-refractivity contribution in [3.8, 4) is 11.1 Å². The van der Waals surface area contributed by atoms with Gasteiger partial charge in [-0.3, -0.25) is 4.79 Å².